The molecule has 1 unspecified atom stereocenters. The number of nitrogens with one attached hydrogen (secondary N) is 1. The molecule has 0 fully saturated rings. The van der Waals surface area contributed by atoms with Crippen molar-refractivity contribution in [3.8, 4) is 22.1 Å². The second-order valence-corrected chi connectivity index (χ2v) is 8.48. The Bertz CT molecular complexity index is 1340. The van der Waals surface area contributed by atoms with Crippen LogP contribution in [0.2, 0.25) is 0 Å². The van der Waals surface area contributed by atoms with Crippen LogP contribution in [0.15, 0.2) is 66.0 Å². The predicted molar refractivity (Wildman–Crippen MR) is 124 cm³/mol. The second kappa shape index (κ2) is 8.91. The molecule has 7 nitrogen and oxygen atoms in total. The zero-order valence-electron chi connectivity index (χ0n) is 17.7. The lowest BCUT2D eigenvalue weighted by atomic mass is 10.1. The Morgan fingerprint density at radius 2 is 1.94 bits per heavy atom. The number of ether oxygens (including phenoxy) is 3. The minimum atomic E-state index is -0.572. The number of aromatic nitrogens is 1. The van der Waals surface area contributed by atoms with E-state index in [4.69, 9.17) is 14.2 Å². The lowest BCUT2D eigenvalue weighted by Crippen LogP contribution is -2.31. The number of carbonyl (C=O) groups is 2. The molecule has 4 aromatic rings. The summed E-state index contributed by atoms with van der Waals surface area (Å²) in [6, 6.07) is 18.2. The molecule has 3 heterocycles. The maximum absolute atomic E-state index is 12.9. The van der Waals surface area contributed by atoms with E-state index >= 15 is 0 Å². The summed E-state index contributed by atoms with van der Waals surface area (Å²) in [6.45, 7) is 1.65. The minimum absolute atomic E-state index is 0.188. The third-order valence-corrected chi connectivity index (χ3v) is 6.21. The number of fused-ring (bicyclic) bond motifs is 2. The van der Waals surface area contributed by atoms with E-state index in [9.17, 15) is 9.59 Å². The van der Waals surface area contributed by atoms with Gasteiger partial charge in [-0.25, -0.2) is 9.78 Å². The van der Waals surface area contributed by atoms with E-state index in [1.807, 2.05) is 60.8 Å². The zero-order chi connectivity index (χ0) is 22.8. The van der Waals surface area contributed by atoms with Gasteiger partial charge in [0, 0.05) is 5.39 Å². The average Bonchev–Trinajstić information content (AvgIpc) is 3.53. The highest BCUT2D eigenvalue weighted by Gasteiger charge is 2.19. The van der Waals surface area contributed by atoms with Crippen molar-refractivity contribution >= 4 is 34.1 Å². The molecular weight excluding hydrogens is 440 g/mol. The molecule has 33 heavy (non-hydrogen) atoms. The molecule has 1 atom stereocenters. The maximum atomic E-state index is 12.9. The smallest absolute Gasteiger partial charge is 0.339 e. The number of carbonyl (C=O) groups excluding carboxylic acids is 2. The number of amides is 1. The Hall–Kier alpha value is -3.91. The summed E-state index contributed by atoms with van der Waals surface area (Å²) in [5, 5.41) is 5.47. The fraction of sp³-hybridized carbons (Fsp3) is 0.160. The molecule has 2 aromatic carbocycles. The highest BCUT2D eigenvalue weighted by atomic mass is 32.1. The molecular formula is C25H20N2O5S. The number of hydrogen-bond donors (Lipinski definition) is 1. The van der Waals surface area contributed by atoms with Crippen LogP contribution in [-0.2, 0) is 9.53 Å². The van der Waals surface area contributed by atoms with Crippen LogP contribution in [0.4, 0.5) is 0 Å². The summed E-state index contributed by atoms with van der Waals surface area (Å²) >= 11 is 1.54. The van der Waals surface area contributed by atoms with Gasteiger partial charge < -0.3 is 19.5 Å². The largest absolute Gasteiger partial charge is 0.454 e. The maximum Gasteiger partial charge on any atom is 0.339 e. The lowest BCUT2D eigenvalue weighted by Gasteiger charge is -2.15. The summed E-state index contributed by atoms with van der Waals surface area (Å²) in [7, 11) is 0. The van der Waals surface area contributed by atoms with Crippen LogP contribution in [0.5, 0.6) is 11.5 Å². The van der Waals surface area contributed by atoms with Crippen LogP contribution in [0, 0.1) is 0 Å². The van der Waals surface area contributed by atoms with E-state index in [-0.39, 0.29) is 12.8 Å². The normalized spacial score (nSPS) is 13.0. The van der Waals surface area contributed by atoms with Crippen molar-refractivity contribution in [1.29, 1.82) is 0 Å². The number of esters is 1. The quantitative estimate of drug-likeness (QED) is 0.419. The number of para-hydroxylation sites is 1. The third kappa shape index (κ3) is 4.38. The molecule has 1 aliphatic heterocycles. The Morgan fingerprint density at radius 3 is 2.79 bits per heavy atom. The molecule has 2 aromatic heterocycles. The van der Waals surface area contributed by atoms with Crippen molar-refractivity contribution in [3.63, 3.8) is 0 Å². The summed E-state index contributed by atoms with van der Waals surface area (Å²) < 4.78 is 16.1. The standard InChI is InChI=1S/C25H20N2O5S/c1-15(16-8-9-21-22(11-16)32-14-31-21)26-24(28)13-30-25(29)18-12-20(23-7-4-10-33-23)27-19-6-3-2-5-17(18)19/h2-12,15H,13-14H2,1H3,(H,26,28). The van der Waals surface area contributed by atoms with E-state index < -0.39 is 18.5 Å². The molecule has 8 heteroatoms. The monoisotopic (exact) mass is 460 g/mol. The van der Waals surface area contributed by atoms with Crippen molar-refractivity contribution in [2.45, 2.75) is 13.0 Å². The minimum Gasteiger partial charge on any atom is -0.454 e. The molecule has 0 spiro atoms. The number of rotatable bonds is 6. The predicted octanol–water partition coefficient (Wildman–Crippen LogP) is 4.73. The topological polar surface area (TPSA) is 86.8 Å². The highest BCUT2D eigenvalue weighted by molar-refractivity contribution is 7.13. The Balaban J connectivity index is 1.28. The molecule has 1 N–H and O–H groups in total. The van der Waals surface area contributed by atoms with Crippen molar-refractivity contribution in [1.82, 2.24) is 10.3 Å². The van der Waals surface area contributed by atoms with Crippen molar-refractivity contribution in [2.75, 3.05) is 13.4 Å². The number of thiophene rings is 1. The lowest BCUT2D eigenvalue weighted by molar-refractivity contribution is -0.124. The van der Waals surface area contributed by atoms with Crippen molar-refractivity contribution < 1.29 is 23.8 Å². The first kappa shape index (κ1) is 21.0. The zero-order valence-corrected chi connectivity index (χ0v) is 18.6. The van der Waals surface area contributed by atoms with Gasteiger partial charge in [0.2, 0.25) is 6.79 Å². The van der Waals surface area contributed by atoms with Crippen LogP contribution in [-0.4, -0.2) is 30.3 Å². The van der Waals surface area contributed by atoms with Crippen LogP contribution in [0.1, 0.15) is 28.9 Å². The molecule has 0 bridgehead atoms. The van der Waals surface area contributed by atoms with E-state index in [1.54, 1.807) is 12.1 Å². The van der Waals surface area contributed by atoms with Gasteiger partial charge in [0.25, 0.3) is 5.91 Å². The number of benzene rings is 2. The fourth-order valence-electron chi connectivity index (χ4n) is 3.65. The van der Waals surface area contributed by atoms with E-state index in [0.717, 1.165) is 10.4 Å². The second-order valence-electron chi connectivity index (χ2n) is 7.53. The van der Waals surface area contributed by atoms with E-state index in [2.05, 4.69) is 10.3 Å². The molecule has 0 saturated heterocycles. The van der Waals surface area contributed by atoms with Gasteiger partial charge in [-0.3, -0.25) is 4.79 Å². The van der Waals surface area contributed by atoms with Gasteiger partial charge >= 0.3 is 5.97 Å². The Labute approximate surface area is 193 Å². The number of hydrogen-bond acceptors (Lipinski definition) is 7. The van der Waals surface area contributed by atoms with E-state index in [0.29, 0.717) is 33.7 Å². The van der Waals surface area contributed by atoms with Gasteiger partial charge in [0.1, 0.15) is 0 Å². The van der Waals surface area contributed by atoms with Gasteiger partial charge in [-0.05, 0) is 48.2 Å². The van der Waals surface area contributed by atoms with E-state index in [1.165, 1.54) is 11.3 Å². The first-order chi connectivity index (χ1) is 16.1. The summed E-state index contributed by atoms with van der Waals surface area (Å²) in [6.07, 6.45) is 0. The first-order valence-corrected chi connectivity index (χ1v) is 11.3. The summed E-state index contributed by atoms with van der Waals surface area (Å²) in [4.78, 5) is 31.0. The molecule has 0 saturated carbocycles. The SMILES string of the molecule is CC(NC(=O)COC(=O)c1cc(-c2cccs2)nc2ccccc12)c1ccc2c(c1)OCO2. The van der Waals surface area contributed by atoms with Gasteiger partial charge in [-0.2, -0.15) is 0 Å². The molecule has 0 aliphatic carbocycles. The summed E-state index contributed by atoms with van der Waals surface area (Å²) in [5.74, 6) is 0.353. The van der Waals surface area contributed by atoms with Gasteiger partial charge in [-0.15, -0.1) is 11.3 Å². The first-order valence-electron chi connectivity index (χ1n) is 10.4. The van der Waals surface area contributed by atoms with Gasteiger partial charge in [-0.1, -0.05) is 30.3 Å². The van der Waals surface area contributed by atoms with Crippen LogP contribution in [0.25, 0.3) is 21.5 Å². The summed E-state index contributed by atoms with van der Waals surface area (Å²) in [5.41, 5.74) is 2.62. The number of nitrogens with zero attached hydrogens (tertiary/aromatic N) is 1. The van der Waals surface area contributed by atoms with Crippen LogP contribution in [0.3, 0.4) is 0 Å². The molecule has 1 amide bonds. The Kier molecular flexibility index (Phi) is 5.66. The molecule has 5 rings (SSSR count). The van der Waals surface area contributed by atoms with Gasteiger partial charge in [0.05, 0.1) is 27.7 Å². The van der Waals surface area contributed by atoms with Gasteiger partial charge in [0.15, 0.2) is 18.1 Å². The number of pyridine rings is 1. The van der Waals surface area contributed by atoms with Crippen molar-refractivity contribution in [2.24, 2.45) is 0 Å². The van der Waals surface area contributed by atoms with Crippen molar-refractivity contribution in [3.05, 3.63) is 77.2 Å². The average molecular weight is 461 g/mol. The molecule has 0 radical (unpaired) electrons. The molecule has 1 aliphatic rings. The van der Waals surface area contributed by atoms with Crippen LogP contribution >= 0.6 is 11.3 Å². The highest BCUT2D eigenvalue weighted by Crippen LogP contribution is 2.34. The molecule has 166 valence electrons. The van der Waals surface area contributed by atoms with Crippen LogP contribution < -0.4 is 14.8 Å². The fourth-order valence-corrected chi connectivity index (χ4v) is 4.34. The Morgan fingerprint density at radius 1 is 1.09 bits per heavy atom. The third-order valence-electron chi connectivity index (χ3n) is 5.32.